The first-order chi connectivity index (χ1) is 12.2. The summed E-state index contributed by atoms with van der Waals surface area (Å²) >= 11 is 5.86. The van der Waals surface area contributed by atoms with E-state index in [0.29, 0.717) is 46.6 Å². The molecule has 7 heteroatoms. The molecule has 0 saturated heterocycles. The second kappa shape index (κ2) is 7.81. The Labute approximate surface area is 150 Å². The van der Waals surface area contributed by atoms with Crippen LogP contribution in [0.5, 0.6) is 0 Å². The number of benzene rings is 2. The van der Waals surface area contributed by atoms with E-state index in [4.69, 9.17) is 16.1 Å². The van der Waals surface area contributed by atoms with Gasteiger partial charge in [0.15, 0.2) is 5.82 Å². The molecule has 0 bridgehead atoms. The Morgan fingerprint density at radius 2 is 1.92 bits per heavy atom. The Kier molecular flexibility index (Phi) is 5.30. The second-order valence-electron chi connectivity index (χ2n) is 5.32. The molecule has 0 aliphatic heterocycles. The van der Waals surface area contributed by atoms with Gasteiger partial charge in [-0.3, -0.25) is 4.79 Å². The van der Waals surface area contributed by atoms with Gasteiger partial charge in [-0.1, -0.05) is 35.8 Å². The van der Waals surface area contributed by atoms with Crippen LogP contribution < -0.4 is 10.6 Å². The summed E-state index contributed by atoms with van der Waals surface area (Å²) in [4.78, 5) is 16.8. The van der Waals surface area contributed by atoms with Gasteiger partial charge in [0.1, 0.15) is 0 Å². The van der Waals surface area contributed by atoms with Crippen molar-refractivity contribution < 1.29 is 9.32 Å². The van der Waals surface area contributed by atoms with Gasteiger partial charge >= 0.3 is 0 Å². The zero-order valence-electron chi connectivity index (χ0n) is 13.6. The van der Waals surface area contributed by atoms with Crippen molar-refractivity contribution >= 4 is 28.9 Å². The van der Waals surface area contributed by atoms with Crippen molar-refractivity contribution in [3.63, 3.8) is 0 Å². The van der Waals surface area contributed by atoms with Gasteiger partial charge in [0.25, 0.3) is 5.91 Å². The fraction of sp³-hybridized carbons (Fsp3) is 0.167. The molecule has 1 amide bonds. The predicted molar refractivity (Wildman–Crippen MR) is 96.8 cm³/mol. The van der Waals surface area contributed by atoms with Gasteiger partial charge in [0.2, 0.25) is 5.89 Å². The van der Waals surface area contributed by atoms with Gasteiger partial charge in [-0.15, -0.1) is 0 Å². The smallest absolute Gasteiger partial charge is 0.257 e. The van der Waals surface area contributed by atoms with Crippen LogP contribution in [-0.4, -0.2) is 16.0 Å². The van der Waals surface area contributed by atoms with Crippen LogP contribution in [-0.2, 0) is 13.0 Å². The normalized spacial score (nSPS) is 10.5. The van der Waals surface area contributed by atoms with E-state index in [1.807, 2.05) is 25.1 Å². The molecule has 25 heavy (non-hydrogen) atoms. The Hall–Kier alpha value is -2.86. The van der Waals surface area contributed by atoms with Crippen LogP contribution in [0.25, 0.3) is 0 Å². The molecule has 0 spiro atoms. The van der Waals surface area contributed by atoms with Gasteiger partial charge in [0, 0.05) is 22.8 Å². The van der Waals surface area contributed by atoms with Crippen molar-refractivity contribution in [2.24, 2.45) is 0 Å². The summed E-state index contributed by atoms with van der Waals surface area (Å²) in [5.41, 5.74) is 1.88. The first kappa shape index (κ1) is 17.0. The molecule has 2 N–H and O–H groups in total. The minimum Gasteiger partial charge on any atom is -0.375 e. The number of anilines is 2. The van der Waals surface area contributed by atoms with Gasteiger partial charge in [-0.25, -0.2) is 0 Å². The standard InChI is InChI=1S/C18H17ClN4O2/c1-2-16-22-17(25-23-16)11-20-15-6-4-3-5-14(15)18(24)21-13-9-7-12(19)8-10-13/h3-10,20H,2,11H2,1H3,(H,21,24). The molecule has 0 unspecified atom stereocenters. The number of hydrogen-bond acceptors (Lipinski definition) is 5. The SMILES string of the molecule is CCc1noc(CNc2ccccc2C(=O)Nc2ccc(Cl)cc2)n1. The van der Waals surface area contributed by atoms with Gasteiger partial charge in [-0.2, -0.15) is 4.98 Å². The highest BCUT2D eigenvalue weighted by Crippen LogP contribution is 2.19. The molecule has 1 heterocycles. The number of carbonyl (C=O) groups excluding carboxylic acids is 1. The number of aromatic nitrogens is 2. The highest BCUT2D eigenvalue weighted by atomic mass is 35.5. The fourth-order valence-corrected chi connectivity index (χ4v) is 2.37. The maximum atomic E-state index is 12.5. The van der Waals surface area contributed by atoms with E-state index in [2.05, 4.69) is 20.8 Å². The number of nitrogens with one attached hydrogen (secondary N) is 2. The van der Waals surface area contributed by atoms with Crippen LogP contribution in [0.15, 0.2) is 53.1 Å². The minimum absolute atomic E-state index is 0.217. The van der Waals surface area contributed by atoms with Crippen molar-refractivity contribution in [3.05, 3.63) is 70.8 Å². The van der Waals surface area contributed by atoms with Crippen LogP contribution >= 0.6 is 11.6 Å². The van der Waals surface area contributed by atoms with Crippen LogP contribution in [0.3, 0.4) is 0 Å². The lowest BCUT2D eigenvalue weighted by atomic mass is 10.1. The lowest BCUT2D eigenvalue weighted by molar-refractivity contribution is 0.102. The molecule has 1 aromatic heterocycles. The van der Waals surface area contributed by atoms with E-state index in [1.165, 1.54) is 0 Å². The van der Waals surface area contributed by atoms with E-state index < -0.39 is 0 Å². The topological polar surface area (TPSA) is 80.0 Å². The van der Waals surface area contributed by atoms with Crippen LogP contribution in [0, 0.1) is 0 Å². The summed E-state index contributed by atoms with van der Waals surface area (Å²) in [6.07, 6.45) is 0.712. The third-order valence-corrected chi connectivity index (χ3v) is 3.78. The number of para-hydroxylation sites is 1. The Morgan fingerprint density at radius 3 is 2.64 bits per heavy atom. The zero-order chi connectivity index (χ0) is 17.6. The van der Waals surface area contributed by atoms with Crippen molar-refractivity contribution in [1.29, 1.82) is 0 Å². The summed E-state index contributed by atoms with van der Waals surface area (Å²) in [5, 5.41) is 10.5. The molecule has 128 valence electrons. The lowest BCUT2D eigenvalue weighted by Gasteiger charge is -2.11. The molecule has 3 rings (SSSR count). The monoisotopic (exact) mass is 356 g/mol. The number of aryl methyl sites for hydroxylation is 1. The maximum Gasteiger partial charge on any atom is 0.257 e. The largest absolute Gasteiger partial charge is 0.375 e. The van der Waals surface area contributed by atoms with Crippen LogP contribution in [0.1, 0.15) is 29.0 Å². The maximum absolute atomic E-state index is 12.5. The summed E-state index contributed by atoms with van der Waals surface area (Å²) in [5.74, 6) is 0.917. The summed E-state index contributed by atoms with van der Waals surface area (Å²) in [7, 11) is 0. The van der Waals surface area contributed by atoms with Crippen molar-refractivity contribution in [2.75, 3.05) is 10.6 Å². The lowest BCUT2D eigenvalue weighted by Crippen LogP contribution is -2.14. The number of nitrogens with zero attached hydrogens (tertiary/aromatic N) is 2. The van der Waals surface area contributed by atoms with Crippen molar-refractivity contribution in [1.82, 2.24) is 10.1 Å². The van der Waals surface area contributed by atoms with Crippen LogP contribution in [0.2, 0.25) is 5.02 Å². The second-order valence-corrected chi connectivity index (χ2v) is 5.75. The third-order valence-electron chi connectivity index (χ3n) is 3.53. The average molecular weight is 357 g/mol. The quantitative estimate of drug-likeness (QED) is 0.693. The number of halogens is 1. The van der Waals surface area contributed by atoms with Crippen LogP contribution in [0.4, 0.5) is 11.4 Å². The Bertz CT molecular complexity index is 862. The first-order valence-electron chi connectivity index (χ1n) is 7.87. The molecule has 0 aliphatic carbocycles. The fourth-order valence-electron chi connectivity index (χ4n) is 2.24. The molecule has 2 aromatic carbocycles. The summed E-state index contributed by atoms with van der Waals surface area (Å²) in [6, 6.07) is 14.2. The highest BCUT2D eigenvalue weighted by Gasteiger charge is 2.12. The number of rotatable bonds is 6. The Morgan fingerprint density at radius 1 is 1.16 bits per heavy atom. The molecule has 0 radical (unpaired) electrons. The van der Waals surface area contributed by atoms with Gasteiger partial charge in [0.05, 0.1) is 12.1 Å². The predicted octanol–water partition coefficient (Wildman–Crippen LogP) is 4.15. The van der Waals surface area contributed by atoms with Crippen molar-refractivity contribution in [3.8, 4) is 0 Å². The molecule has 0 aliphatic rings. The van der Waals surface area contributed by atoms with E-state index in [1.54, 1.807) is 30.3 Å². The minimum atomic E-state index is -0.217. The average Bonchev–Trinajstić information content (AvgIpc) is 3.10. The van der Waals surface area contributed by atoms with E-state index in [0.717, 1.165) is 0 Å². The van der Waals surface area contributed by atoms with E-state index in [9.17, 15) is 4.79 Å². The van der Waals surface area contributed by atoms with Gasteiger partial charge < -0.3 is 15.2 Å². The molecular weight excluding hydrogens is 340 g/mol. The highest BCUT2D eigenvalue weighted by molar-refractivity contribution is 6.30. The summed E-state index contributed by atoms with van der Waals surface area (Å²) in [6.45, 7) is 2.30. The molecule has 0 fully saturated rings. The first-order valence-corrected chi connectivity index (χ1v) is 8.25. The molecular formula is C18H17ClN4O2. The Balaban J connectivity index is 1.71. The molecule has 6 nitrogen and oxygen atoms in total. The third kappa shape index (κ3) is 4.36. The molecule has 0 atom stereocenters. The zero-order valence-corrected chi connectivity index (χ0v) is 14.4. The van der Waals surface area contributed by atoms with Gasteiger partial charge in [-0.05, 0) is 36.4 Å². The summed E-state index contributed by atoms with van der Waals surface area (Å²) < 4.78 is 5.15. The van der Waals surface area contributed by atoms with Crippen molar-refractivity contribution in [2.45, 2.75) is 19.9 Å². The molecule has 0 saturated carbocycles. The molecule has 3 aromatic rings. The number of amides is 1. The van der Waals surface area contributed by atoms with E-state index >= 15 is 0 Å². The number of carbonyl (C=O) groups is 1. The number of hydrogen-bond donors (Lipinski definition) is 2. The van der Waals surface area contributed by atoms with E-state index in [-0.39, 0.29) is 5.91 Å².